The topological polar surface area (TPSA) is 53.3 Å². The number of halogens is 1. The molecule has 0 spiro atoms. The summed E-state index contributed by atoms with van der Waals surface area (Å²) in [5, 5.41) is 3.80. The third kappa shape index (κ3) is 2.90. The van der Waals surface area contributed by atoms with E-state index in [4.69, 9.17) is 9.47 Å². The van der Waals surface area contributed by atoms with Crippen LogP contribution in [0.25, 0.3) is 0 Å². The summed E-state index contributed by atoms with van der Waals surface area (Å²) >= 11 is 0. The predicted octanol–water partition coefficient (Wildman–Crippen LogP) is 2.74. The normalized spacial score (nSPS) is 17.1. The van der Waals surface area contributed by atoms with Crippen molar-refractivity contribution in [1.82, 2.24) is 9.78 Å². The van der Waals surface area contributed by atoms with E-state index < -0.39 is 17.5 Å². The van der Waals surface area contributed by atoms with Crippen molar-refractivity contribution in [1.29, 1.82) is 0 Å². The van der Waals surface area contributed by atoms with E-state index in [-0.39, 0.29) is 24.9 Å². The molecule has 1 atom stereocenters. The lowest BCUT2D eigenvalue weighted by Gasteiger charge is -2.37. The Balaban J connectivity index is 1.88. The van der Waals surface area contributed by atoms with E-state index in [0.29, 0.717) is 0 Å². The lowest BCUT2D eigenvalue weighted by atomic mass is 10.0. The highest BCUT2D eigenvalue weighted by atomic mass is 19.1. The van der Waals surface area contributed by atoms with Crippen LogP contribution in [0.5, 0.6) is 0 Å². The molecule has 3 rings (SSSR count). The zero-order chi connectivity index (χ0) is 16.4. The van der Waals surface area contributed by atoms with Gasteiger partial charge in [-0.15, -0.1) is 5.10 Å². The molecule has 2 heterocycles. The Morgan fingerprint density at radius 2 is 2.17 bits per heavy atom. The molecule has 6 heteroatoms. The van der Waals surface area contributed by atoms with Gasteiger partial charge in [0, 0.05) is 6.07 Å². The van der Waals surface area contributed by atoms with Crippen molar-refractivity contribution in [2.45, 2.75) is 18.6 Å². The van der Waals surface area contributed by atoms with Gasteiger partial charge in [0.2, 0.25) is 5.95 Å². The molecule has 0 bridgehead atoms. The zero-order valence-electron chi connectivity index (χ0n) is 12.7. The molecule has 1 aromatic heterocycles. The highest BCUT2D eigenvalue weighted by Crippen LogP contribution is 2.26. The lowest BCUT2D eigenvalue weighted by molar-refractivity contribution is -0.152. The molecule has 1 saturated heterocycles. The Hall–Kier alpha value is -2.47. The highest BCUT2D eigenvalue weighted by Gasteiger charge is 2.40. The largest absolute Gasteiger partial charge is 0.445 e. The molecule has 1 fully saturated rings. The summed E-state index contributed by atoms with van der Waals surface area (Å²) in [5.41, 5.74) is 0.139. The fraction of sp³-hybridized carbons (Fsp3) is 0.294. The van der Waals surface area contributed by atoms with Gasteiger partial charge in [-0.2, -0.15) is 4.39 Å². The van der Waals surface area contributed by atoms with Crippen molar-refractivity contribution in [3.63, 3.8) is 0 Å². The minimum atomic E-state index is -0.835. The van der Waals surface area contributed by atoms with E-state index in [1.807, 2.05) is 37.3 Å². The fourth-order valence-electron chi connectivity index (χ4n) is 2.44. The molecule has 2 aromatic rings. The van der Waals surface area contributed by atoms with E-state index in [1.165, 1.54) is 10.8 Å². The number of nitrogens with zero attached hydrogens (tertiary/aromatic N) is 2. The van der Waals surface area contributed by atoms with Crippen molar-refractivity contribution in [2.24, 2.45) is 0 Å². The van der Waals surface area contributed by atoms with Crippen LogP contribution in [0.1, 0.15) is 29.0 Å². The number of aromatic nitrogens is 2. The van der Waals surface area contributed by atoms with Crippen LogP contribution < -0.4 is 0 Å². The van der Waals surface area contributed by atoms with E-state index in [9.17, 15) is 9.18 Å². The summed E-state index contributed by atoms with van der Waals surface area (Å²) < 4.78 is 25.5. The average molecular weight is 316 g/mol. The third-order valence-electron chi connectivity index (χ3n) is 3.92. The smallest absolute Gasteiger partial charge is 0.357 e. The summed E-state index contributed by atoms with van der Waals surface area (Å²) in [6, 6.07) is 10.2. The molecule has 0 radical (unpaired) electrons. The monoisotopic (exact) mass is 316 g/mol. The third-order valence-corrected chi connectivity index (χ3v) is 3.92. The molecular weight excluding hydrogens is 299 g/mol. The number of carbonyl (C=O) groups is 1. The van der Waals surface area contributed by atoms with Gasteiger partial charge in [0.25, 0.3) is 0 Å². The molecule has 0 N–H and O–H groups in total. The van der Waals surface area contributed by atoms with Crippen LogP contribution in [-0.2, 0) is 9.47 Å². The van der Waals surface area contributed by atoms with Crippen molar-refractivity contribution in [3.05, 3.63) is 66.3 Å². The highest BCUT2D eigenvalue weighted by molar-refractivity contribution is 5.88. The first kappa shape index (κ1) is 15.4. The second kappa shape index (κ2) is 5.96. The SMILES string of the molecule is C=CC1(OC(=O)c2cc(F)nn2[C@H](C)c2ccccc2)COC1. The fourth-order valence-corrected chi connectivity index (χ4v) is 2.44. The van der Waals surface area contributed by atoms with Crippen LogP contribution in [0.4, 0.5) is 4.39 Å². The first-order valence-electron chi connectivity index (χ1n) is 7.29. The molecule has 120 valence electrons. The maximum atomic E-state index is 13.7. The number of hydrogen-bond donors (Lipinski definition) is 0. The molecule has 0 amide bonds. The van der Waals surface area contributed by atoms with Crippen molar-refractivity contribution >= 4 is 5.97 Å². The molecule has 0 aliphatic carbocycles. The molecule has 1 aliphatic heterocycles. The van der Waals surface area contributed by atoms with E-state index in [1.54, 1.807) is 0 Å². The van der Waals surface area contributed by atoms with Crippen molar-refractivity contribution in [2.75, 3.05) is 13.2 Å². The molecule has 0 saturated carbocycles. The lowest BCUT2D eigenvalue weighted by Crippen LogP contribution is -2.51. The minimum Gasteiger partial charge on any atom is -0.445 e. The van der Waals surface area contributed by atoms with Gasteiger partial charge in [0.05, 0.1) is 19.3 Å². The van der Waals surface area contributed by atoms with Gasteiger partial charge >= 0.3 is 5.97 Å². The number of benzene rings is 1. The standard InChI is InChI=1S/C17H17FN2O3/c1-3-17(10-22-11-17)23-16(21)14-9-15(18)19-20(14)12(2)13-7-5-4-6-8-13/h3-9,12H,1,10-11H2,2H3/t12-/m1/s1. The van der Waals surface area contributed by atoms with Gasteiger partial charge in [-0.05, 0) is 18.6 Å². The van der Waals surface area contributed by atoms with Crippen LogP contribution in [0.15, 0.2) is 49.1 Å². The second-order valence-electron chi connectivity index (χ2n) is 5.53. The molecule has 1 aromatic carbocycles. The van der Waals surface area contributed by atoms with Crippen LogP contribution >= 0.6 is 0 Å². The predicted molar refractivity (Wildman–Crippen MR) is 81.6 cm³/mol. The Morgan fingerprint density at radius 1 is 1.48 bits per heavy atom. The Labute approximate surface area is 133 Å². The minimum absolute atomic E-state index is 0.0620. The summed E-state index contributed by atoms with van der Waals surface area (Å²) in [6.45, 7) is 6.01. The Bertz CT molecular complexity index is 723. The first-order valence-corrected chi connectivity index (χ1v) is 7.29. The van der Waals surface area contributed by atoms with Gasteiger partial charge in [0.1, 0.15) is 5.69 Å². The number of ether oxygens (including phenoxy) is 2. The summed E-state index contributed by atoms with van der Waals surface area (Å²) in [4.78, 5) is 12.4. The van der Waals surface area contributed by atoms with E-state index in [2.05, 4.69) is 11.7 Å². The van der Waals surface area contributed by atoms with E-state index in [0.717, 1.165) is 11.6 Å². The summed E-state index contributed by atoms with van der Waals surface area (Å²) in [6.07, 6.45) is 1.53. The average Bonchev–Trinajstić information content (AvgIpc) is 2.93. The molecule has 23 heavy (non-hydrogen) atoms. The van der Waals surface area contributed by atoms with Crippen molar-refractivity contribution in [3.8, 4) is 0 Å². The van der Waals surface area contributed by atoms with Crippen LogP contribution in [0, 0.1) is 5.95 Å². The van der Waals surface area contributed by atoms with Gasteiger partial charge < -0.3 is 9.47 Å². The van der Waals surface area contributed by atoms with Gasteiger partial charge in [0.15, 0.2) is 5.60 Å². The molecule has 5 nitrogen and oxygen atoms in total. The number of esters is 1. The van der Waals surface area contributed by atoms with E-state index >= 15 is 0 Å². The van der Waals surface area contributed by atoms with Crippen LogP contribution in [0.2, 0.25) is 0 Å². The summed E-state index contributed by atoms with van der Waals surface area (Å²) in [7, 11) is 0. The van der Waals surface area contributed by atoms with Crippen LogP contribution in [-0.4, -0.2) is 34.6 Å². The van der Waals surface area contributed by atoms with Gasteiger partial charge in [-0.1, -0.05) is 36.9 Å². The summed E-state index contributed by atoms with van der Waals surface area (Å²) in [5.74, 6) is -1.37. The first-order chi connectivity index (χ1) is 11.0. The maximum Gasteiger partial charge on any atom is 0.357 e. The Kier molecular flexibility index (Phi) is 4.00. The zero-order valence-corrected chi connectivity index (χ0v) is 12.7. The van der Waals surface area contributed by atoms with Gasteiger partial charge in [-0.25, -0.2) is 9.48 Å². The van der Waals surface area contributed by atoms with Gasteiger partial charge in [-0.3, -0.25) is 0 Å². The number of carbonyl (C=O) groups excluding carboxylic acids is 1. The quantitative estimate of drug-likeness (QED) is 0.629. The molecule has 0 unspecified atom stereocenters. The second-order valence-corrected chi connectivity index (χ2v) is 5.53. The molecular formula is C17H17FN2O3. The van der Waals surface area contributed by atoms with Crippen LogP contribution in [0.3, 0.4) is 0 Å². The Morgan fingerprint density at radius 3 is 2.74 bits per heavy atom. The van der Waals surface area contributed by atoms with Crippen molar-refractivity contribution < 1.29 is 18.7 Å². The number of hydrogen-bond acceptors (Lipinski definition) is 4. The molecule has 1 aliphatic rings. The maximum absolute atomic E-state index is 13.7. The number of rotatable bonds is 5.